The third-order valence-corrected chi connectivity index (χ3v) is 2.75. The Morgan fingerprint density at radius 2 is 2.07 bits per heavy atom. The first kappa shape index (κ1) is 12.2. The molecule has 0 unspecified atom stereocenters. The highest BCUT2D eigenvalue weighted by atomic mass is 35.5. The van der Waals surface area contributed by atoms with Gasteiger partial charge in [0.05, 0.1) is 4.88 Å². The van der Waals surface area contributed by atoms with Crippen molar-refractivity contribution in [2.75, 3.05) is 0 Å². The van der Waals surface area contributed by atoms with Crippen LogP contribution < -0.4 is 0 Å². The van der Waals surface area contributed by atoms with Crippen LogP contribution in [-0.4, -0.2) is 10.2 Å². The highest BCUT2D eigenvalue weighted by Crippen LogP contribution is 2.26. The second kappa shape index (κ2) is 5.88. The van der Waals surface area contributed by atoms with Crippen molar-refractivity contribution in [1.29, 1.82) is 0 Å². The Bertz CT molecular complexity index is 411. The molecule has 0 saturated carbocycles. The van der Waals surface area contributed by atoms with Gasteiger partial charge < -0.3 is 4.42 Å². The quantitative estimate of drug-likeness (QED) is 0.753. The van der Waals surface area contributed by atoms with E-state index >= 15 is 0 Å². The molecular formula is C10H13ClN2OS. The summed E-state index contributed by atoms with van der Waals surface area (Å²) in [5.41, 5.74) is 0. The minimum atomic E-state index is 0.261. The van der Waals surface area contributed by atoms with Gasteiger partial charge in [0.15, 0.2) is 0 Å². The van der Waals surface area contributed by atoms with E-state index in [1.807, 2.05) is 32.9 Å². The van der Waals surface area contributed by atoms with Crippen LogP contribution in [-0.2, 0) is 5.88 Å². The Morgan fingerprint density at radius 1 is 1.33 bits per heavy atom. The molecule has 0 atom stereocenters. The van der Waals surface area contributed by atoms with E-state index in [1.54, 1.807) is 11.3 Å². The Labute approximate surface area is 98.1 Å². The van der Waals surface area contributed by atoms with E-state index in [2.05, 4.69) is 10.2 Å². The molecule has 0 aliphatic rings. The first-order valence-electron chi connectivity index (χ1n) is 4.75. The van der Waals surface area contributed by atoms with Gasteiger partial charge in [-0.05, 0) is 19.1 Å². The molecule has 5 heteroatoms. The molecule has 2 aromatic heterocycles. The highest BCUT2D eigenvalue weighted by molar-refractivity contribution is 7.15. The Hall–Kier alpha value is -0.870. The summed E-state index contributed by atoms with van der Waals surface area (Å²) in [4.78, 5) is 2.21. The van der Waals surface area contributed by atoms with Crippen molar-refractivity contribution < 1.29 is 4.42 Å². The number of rotatable bonds is 2. The zero-order valence-corrected chi connectivity index (χ0v) is 10.5. The molecule has 0 radical (unpaired) electrons. The van der Waals surface area contributed by atoms with Crippen molar-refractivity contribution in [2.24, 2.45) is 0 Å². The van der Waals surface area contributed by atoms with Gasteiger partial charge in [0, 0.05) is 4.88 Å². The molecule has 0 saturated heterocycles. The molecule has 15 heavy (non-hydrogen) atoms. The standard InChI is InChI=1S/C8H7ClN2OS.C2H6/c1-5-2-3-6(13-5)8-11-10-7(4-9)12-8;1-2/h2-3H,4H2,1H3;1-2H3. The number of halogens is 1. The Balaban J connectivity index is 0.000000531. The average molecular weight is 245 g/mol. The van der Waals surface area contributed by atoms with Gasteiger partial charge in [-0.25, -0.2) is 0 Å². The molecule has 0 aliphatic carbocycles. The second-order valence-electron chi connectivity index (χ2n) is 2.54. The third-order valence-electron chi connectivity index (χ3n) is 1.53. The predicted octanol–water partition coefficient (Wildman–Crippen LogP) is 3.87. The van der Waals surface area contributed by atoms with E-state index in [1.165, 1.54) is 4.88 Å². The molecule has 0 N–H and O–H groups in total. The molecule has 0 amide bonds. The molecule has 0 aromatic carbocycles. The molecule has 0 aliphatic heterocycles. The van der Waals surface area contributed by atoms with Crippen LogP contribution in [0.15, 0.2) is 16.5 Å². The maximum Gasteiger partial charge on any atom is 0.257 e. The van der Waals surface area contributed by atoms with Crippen LogP contribution >= 0.6 is 22.9 Å². The van der Waals surface area contributed by atoms with Gasteiger partial charge in [0.25, 0.3) is 5.89 Å². The molecule has 0 spiro atoms. The highest BCUT2D eigenvalue weighted by Gasteiger charge is 2.08. The van der Waals surface area contributed by atoms with E-state index in [4.69, 9.17) is 16.0 Å². The first-order chi connectivity index (χ1) is 7.29. The Kier molecular flexibility index (Phi) is 4.78. The van der Waals surface area contributed by atoms with E-state index in [9.17, 15) is 0 Å². The summed E-state index contributed by atoms with van der Waals surface area (Å²) in [6.45, 7) is 6.03. The van der Waals surface area contributed by atoms with Crippen LogP contribution in [0.4, 0.5) is 0 Å². The smallest absolute Gasteiger partial charge is 0.257 e. The summed E-state index contributed by atoms with van der Waals surface area (Å²) < 4.78 is 5.29. The topological polar surface area (TPSA) is 38.9 Å². The van der Waals surface area contributed by atoms with Crippen LogP contribution in [0.3, 0.4) is 0 Å². The fourth-order valence-electron chi connectivity index (χ4n) is 0.957. The average Bonchev–Trinajstić information content (AvgIpc) is 2.88. The molecule has 3 nitrogen and oxygen atoms in total. The van der Waals surface area contributed by atoms with Crippen molar-refractivity contribution in [3.8, 4) is 10.8 Å². The minimum absolute atomic E-state index is 0.261. The number of aryl methyl sites for hydroxylation is 1. The maximum atomic E-state index is 5.54. The van der Waals surface area contributed by atoms with Crippen LogP contribution in [0.1, 0.15) is 24.6 Å². The second-order valence-corrected chi connectivity index (χ2v) is 4.10. The summed E-state index contributed by atoms with van der Waals surface area (Å²) in [6.07, 6.45) is 0. The number of hydrogen-bond acceptors (Lipinski definition) is 4. The third kappa shape index (κ3) is 3.04. The molecular weight excluding hydrogens is 232 g/mol. The van der Waals surface area contributed by atoms with E-state index < -0.39 is 0 Å². The fourth-order valence-corrected chi connectivity index (χ4v) is 1.85. The lowest BCUT2D eigenvalue weighted by atomic mass is 10.4. The van der Waals surface area contributed by atoms with Gasteiger partial charge >= 0.3 is 0 Å². The summed E-state index contributed by atoms with van der Waals surface area (Å²) in [5.74, 6) is 1.27. The van der Waals surface area contributed by atoms with Crippen molar-refractivity contribution in [3.05, 3.63) is 22.9 Å². The van der Waals surface area contributed by atoms with Crippen molar-refractivity contribution in [2.45, 2.75) is 26.7 Å². The molecule has 2 aromatic rings. The predicted molar refractivity (Wildman–Crippen MR) is 63.3 cm³/mol. The van der Waals surface area contributed by atoms with Crippen LogP contribution in [0, 0.1) is 6.92 Å². The number of thiophene rings is 1. The fraction of sp³-hybridized carbons (Fsp3) is 0.400. The van der Waals surface area contributed by atoms with Crippen LogP contribution in [0.25, 0.3) is 10.8 Å². The lowest BCUT2D eigenvalue weighted by Crippen LogP contribution is -1.73. The number of hydrogen-bond donors (Lipinski definition) is 0. The largest absolute Gasteiger partial charge is 0.419 e. The lowest BCUT2D eigenvalue weighted by Gasteiger charge is -1.84. The molecule has 82 valence electrons. The lowest BCUT2D eigenvalue weighted by molar-refractivity contribution is 0.528. The number of nitrogens with zero attached hydrogens (tertiary/aromatic N) is 2. The number of aromatic nitrogens is 2. The van der Waals surface area contributed by atoms with Crippen molar-refractivity contribution >= 4 is 22.9 Å². The summed E-state index contributed by atoms with van der Waals surface area (Å²) >= 11 is 7.17. The zero-order chi connectivity index (χ0) is 11.3. The molecule has 2 heterocycles. The van der Waals surface area contributed by atoms with Gasteiger partial charge in [0.1, 0.15) is 5.88 Å². The van der Waals surface area contributed by atoms with Gasteiger partial charge in [-0.3, -0.25) is 0 Å². The maximum absolute atomic E-state index is 5.54. The van der Waals surface area contributed by atoms with Gasteiger partial charge in [0.2, 0.25) is 5.89 Å². The van der Waals surface area contributed by atoms with Crippen molar-refractivity contribution in [3.63, 3.8) is 0 Å². The van der Waals surface area contributed by atoms with E-state index in [-0.39, 0.29) is 5.88 Å². The van der Waals surface area contributed by atoms with Gasteiger partial charge in [-0.2, -0.15) is 0 Å². The zero-order valence-electron chi connectivity index (χ0n) is 8.95. The van der Waals surface area contributed by atoms with Crippen LogP contribution in [0.2, 0.25) is 0 Å². The molecule has 2 rings (SSSR count). The normalized spacial score (nSPS) is 9.60. The van der Waals surface area contributed by atoms with Gasteiger partial charge in [-0.15, -0.1) is 33.1 Å². The minimum Gasteiger partial charge on any atom is -0.419 e. The number of alkyl halides is 1. The summed E-state index contributed by atoms with van der Waals surface area (Å²) in [7, 11) is 0. The summed E-state index contributed by atoms with van der Waals surface area (Å²) in [6, 6.07) is 3.98. The van der Waals surface area contributed by atoms with Crippen molar-refractivity contribution in [1.82, 2.24) is 10.2 Å². The van der Waals surface area contributed by atoms with Gasteiger partial charge in [-0.1, -0.05) is 13.8 Å². The monoisotopic (exact) mass is 244 g/mol. The Morgan fingerprint density at radius 3 is 2.53 bits per heavy atom. The SMILES string of the molecule is CC.Cc1ccc(-c2nnc(CCl)o2)s1. The van der Waals surface area contributed by atoms with E-state index in [0.717, 1.165) is 4.88 Å². The molecule has 0 fully saturated rings. The van der Waals surface area contributed by atoms with Crippen LogP contribution in [0.5, 0.6) is 0 Å². The van der Waals surface area contributed by atoms with E-state index in [0.29, 0.717) is 11.8 Å². The molecule has 0 bridgehead atoms. The summed E-state index contributed by atoms with van der Waals surface area (Å²) in [5, 5.41) is 7.66. The first-order valence-corrected chi connectivity index (χ1v) is 6.10.